The van der Waals surface area contributed by atoms with E-state index < -0.39 is 6.04 Å². The third-order valence-corrected chi connectivity index (χ3v) is 6.32. The summed E-state index contributed by atoms with van der Waals surface area (Å²) in [5.74, 6) is 0.517. The van der Waals surface area contributed by atoms with Crippen LogP contribution in [0.2, 0.25) is 0 Å². The van der Waals surface area contributed by atoms with Gasteiger partial charge < -0.3 is 10.2 Å². The number of benzene rings is 1. The van der Waals surface area contributed by atoms with Gasteiger partial charge in [-0.1, -0.05) is 23.5 Å². The molecule has 0 radical (unpaired) electrons. The summed E-state index contributed by atoms with van der Waals surface area (Å²) in [6, 6.07) is 9.13. The van der Waals surface area contributed by atoms with E-state index in [4.69, 9.17) is 0 Å². The molecule has 1 N–H and O–H groups in total. The van der Waals surface area contributed by atoms with E-state index in [1.807, 2.05) is 44.2 Å². The topological polar surface area (TPSA) is 105 Å². The van der Waals surface area contributed by atoms with E-state index in [0.29, 0.717) is 29.7 Å². The van der Waals surface area contributed by atoms with Crippen molar-refractivity contribution < 1.29 is 9.59 Å². The summed E-state index contributed by atoms with van der Waals surface area (Å²) in [7, 11) is 0. The van der Waals surface area contributed by atoms with E-state index in [0.717, 1.165) is 28.0 Å². The van der Waals surface area contributed by atoms with Crippen molar-refractivity contribution in [2.45, 2.75) is 39.2 Å². The highest BCUT2D eigenvalue weighted by Gasteiger charge is 2.34. The zero-order chi connectivity index (χ0) is 21.5. The molecular weight excluding hydrogens is 414 g/mol. The van der Waals surface area contributed by atoms with Crippen LogP contribution in [0, 0.1) is 13.8 Å². The molecule has 4 aromatic rings. The fourth-order valence-electron chi connectivity index (χ4n) is 3.97. The lowest BCUT2D eigenvalue weighted by molar-refractivity contribution is -0.136. The summed E-state index contributed by atoms with van der Waals surface area (Å²) in [5, 5.41) is 7.85. The molecule has 1 fully saturated rings. The molecule has 0 aliphatic carbocycles. The minimum Gasteiger partial charge on any atom is -0.330 e. The van der Waals surface area contributed by atoms with E-state index >= 15 is 0 Å². The number of anilines is 1. The summed E-state index contributed by atoms with van der Waals surface area (Å²) in [4.78, 5) is 40.7. The first kappa shape index (κ1) is 19.6. The lowest BCUT2D eigenvalue weighted by Gasteiger charge is -2.23. The van der Waals surface area contributed by atoms with Gasteiger partial charge in [0, 0.05) is 17.9 Å². The number of aromatic nitrogens is 5. The lowest BCUT2D eigenvalue weighted by atomic mass is 10.2. The average Bonchev–Trinajstić information content (AvgIpc) is 3.44. The van der Waals surface area contributed by atoms with Gasteiger partial charge in [0.05, 0.1) is 16.6 Å². The van der Waals surface area contributed by atoms with Crippen LogP contribution in [-0.4, -0.2) is 53.9 Å². The Kier molecular flexibility index (Phi) is 4.85. The van der Waals surface area contributed by atoms with Crippen molar-refractivity contribution in [3.63, 3.8) is 0 Å². The molecule has 0 spiro atoms. The number of rotatable bonds is 4. The Hall–Kier alpha value is -3.40. The maximum absolute atomic E-state index is 13.0. The monoisotopic (exact) mass is 435 g/mol. The summed E-state index contributed by atoms with van der Waals surface area (Å²) >= 11 is 1.43. The van der Waals surface area contributed by atoms with E-state index in [-0.39, 0.29) is 18.2 Å². The zero-order valence-corrected chi connectivity index (χ0v) is 18.0. The number of amides is 2. The molecule has 1 aromatic carbocycles. The normalized spacial score (nSPS) is 16.3. The minimum absolute atomic E-state index is 0.0345. The van der Waals surface area contributed by atoms with Crippen molar-refractivity contribution in [3.05, 3.63) is 47.5 Å². The number of carbonyl (C=O) groups excluding carboxylic acids is 2. The Morgan fingerprint density at radius 3 is 2.87 bits per heavy atom. The summed E-state index contributed by atoms with van der Waals surface area (Å²) in [6.45, 7) is 4.36. The molecule has 1 aliphatic rings. The quantitative estimate of drug-likeness (QED) is 0.528. The summed E-state index contributed by atoms with van der Waals surface area (Å²) < 4.78 is 2.64. The van der Waals surface area contributed by atoms with Gasteiger partial charge in [0.15, 0.2) is 11.0 Å². The fraction of sp³-hybridized carbons (Fsp3) is 0.333. The van der Waals surface area contributed by atoms with Crippen molar-refractivity contribution in [3.8, 4) is 0 Å². The highest BCUT2D eigenvalue weighted by Crippen LogP contribution is 2.27. The molecule has 1 atom stereocenters. The summed E-state index contributed by atoms with van der Waals surface area (Å²) in [6.07, 6.45) is 1.44. The number of fused-ring (bicyclic) bond motifs is 2. The Bertz CT molecular complexity index is 1280. The van der Waals surface area contributed by atoms with Crippen LogP contribution in [0.5, 0.6) is 0 Å². The number of nitrogens with zero attached hydrogens (tertiary/aromatic N) is 6. The van der Waals surface area contributed by atoms with Crippen LogP contribution >= 0.6 is 11.3 Å². The molecule has 1 aliphatic heterocycles. The first-order valence-corrected chi connectivity index (χ1v) is 11.0. The molecule has 1 unspecified atom stereocenters. The molecule has 4 heterocycles. The van der Waals surface area contributed by atoms with Crippen molar-refractivity contribution in [1.29, 1.82) is 0 Å². The van der Waals surface area contributed by atoms with Gasteiger partial charge in [0.1, 0.15) is 6.04 Å². The lowest BCUT2D eigenvalue weighted by Crippen LogP contribution is -2.43. The van der Waals surface area contributed by atoms with E-state index in [1.54, 1.807) is 9.42 Å². The number of carbonyl (C=O) groups is 2. The predicted octanol–water partition coefficient (Wildman–Crippen LogP) is 2.52. The zero-order valence-electron chi connectivity index (χ0n) is 17.2. The Balaban J connectivity index is 1.30. The smallest absolute Gasteiger partial charge is 0.252 e. The van der Waals surface area contributed by atoms with Crippen molar-refractivity contribution in [1.82, 2.24) is 29.5 Å². The number of thiazole rings is 1. The largest absolute Gasteiger partial charge is 0.330 e. The van der Waals surface area contributed by atoms with Gasteiger partial charge >= 0.3 is 0 Å². The van der Waals surface area contributed by atoms with Gasteiger partial charge in [0.25, 0.3) is 5.78 Å². The number of para-hydroxylation sites is 1. The Labute approximate surface area is 182 Å². The van der Waals surface area contributed by atoms with Crippen LogP contribution in [0.25, 0.3) is 16.0 Å². The molecule has 0 bridgehead atoms. The second-order valence-corrected chi connectivity index (χ2v) is 8.71. The van der Waals surface area contributed by atoms with Crippen molar-refractivity contribution >= 4 is 44.3 Å². The standard InChI is InChI=1S/C21H21N7O2S/c1-12-10-13(2)28-20(22-12)24-17(26-28)11-18(29)27-9-5-7-15(27)19(30)25-21-23-14-6-3-4-8-16(14)31-21/h3-4,6,8,10,15H,5,7,9,11H2,1-2H3,(H,23,25,30). The maximum Gasteiger partial charge on any atom is 0.252 e. The highest BCUT2D eigenvalue weighted by atomic mass is 32.1. The highest BCUT2D eigenvalue weighted by molar-refractivity contribution is 7.22. The predicted molar refractivity (Wildman–Crippen MR) is 117 cm³/mol. The molecule has 3 aromatic heterocycles. The maximum atomic E-state index is 13.0. The number of hydrogen-bond donors (Lipinski definition) is 1. The average molecular weight is 436 g/mol. The molecule has 0 saturated carbocycles. The number of likely N-dealkylation sites (tertiary alicyclic amines) is 1. The van der Waals surface area contributed by atoms with Gasteiger partial charge in [-0.05, 0) is 44.9 Å². The second kappa shape index (κ2) is 7.69. The van der Waals surface area contributed by atoms with E-state index in [9.17, 15) is 9.59 Å². The molecule has 10 heteroatoms. The van der Waals surface area contributed by atoms with Crippen LogP contribution < -0.4 is 5.32 Å². The minimum atomic E-state index is -0.515. The third kappa shape index (κ3) is 3.74. The molecular formula is C21H21N7O2S. The van der Waals surface area contributed by atoms with Crippen LogP contribution in [-0.2, 0) is 16.0 Å². The van der Waals surface area contributed by atoms with Gasteiger partial charge in [-0.3, -0.25) is 9.59 Å². The Morgan fingerprint density at radius 2 is 2.03 bits per heavy atom. The van der Waals surface area contributed by atoms with E-state index in [1.165, 1.54) is 11.3 Å². The van der Waals surface area contributed by atoms with Gasteiger partial charge in [-0.2, -0.15) is 4.98 Å². The number of nitrogens with one attached hydrogen (secondary N) is 1. The molecule has 31 heavy (non-hydrogen) atoms. The third-order valence-electron chi connectivity index (χ3n) is 5.37. The Morgan fingerprint density at radius 1 is 1.19 bits per heavy atom. The van der Waals surface area contributed by atoms with Crippen LogP contribution in [0.1, 0.15) is 30.1 Å². The first-order chi connectivity index (χ1) is 15.0. The fourth-order valence-corrected chi connectivity index (χ4v) is 4.84. The van der Waals surface area contributed by atoms with Crippen LogP contribution in [0.3, 0.4) is 0 Å². The van der Waals surface area contributed by atoms with Gasteiger partial charge in [-0.15, -0.1) is 5.10 Å². The molecule has 9 nitrogen and oxygen atoms in total. The van der Waals surface area contributed by atoms with Crippen molar-refractivity contribution in [2.24, 2.45) is 0 Å². The van der Waals surface area contributed by atoms with Gasteiger partial charge in [0.2, 0.25) is 11.8 Å². The molecule has 1 saturated heterocycles. The van der Waals surface area contributed by atoms with E-state index in [2.05, 4.69) is 25.4 Å². The molecule has 2 amide bonds. The van der Waals surface area contributed by atoms with Crippen LogP contribution in [0.4, 0.5) is 5.13 Å². The summed E-state index contributed by atoms with van der Waals surface area (Å²) in [5.41, 5.74) is 2.60. The molecule has 5 rings (SSSR count). The number of hydrogen-bond acceptors (Lipinski definition) is 7. The van der Waals surface area contributed by atoms with Crippen molar-refractivity contribution in [2.75, 3.05) is 11.9 Å². The number of aryl methyl sites for hydroxylation is 2. The first-order valence-electron chi connectivity index (χ1n) is 10.1. The van der Waals surface area contributed by atoms with Crippen LogP contribution in [0.15, 0.2) is 30.3 Å². The molecule has 158 valence electrons. The SMILES string of the molecule is Cc1cc(C)n2nc(CC(=O)N3CCCC3C(=O)Nc3nc4ccccc4s3)nc2n1. The second-order valence-electron chi connectivity index (χ2n) is 7.68. The van der Waals surface area contributed by atoms with Gasteiger partial charge in [-0.25, -0.2) is 14.5 Å².